The smallest absolute Gasteiger partial charge is 0.316 e. The van der Waals surface area contributed by atoms with Gasteiger partial charge in [0.2, 0.25) is 0 Å². The van der Waals surface area contributed by atoms with Gasteiger partial charge in [-0.15, -0.1) is 0 Å². The van der Waals surface area contributed by atoms with E-state index in [-0.39, 0.29) is 5.92 Å². The lowest BCUT2D eigenvalue weighted by molar-refractivity contribution is -0.187. The predicted molar refractivity (Wildman–Crippen MR) is 66.3 cm³/mol. The molecule has 0 bridgehead atoms. The molecule has 2 aliphatic carbocycles. The summed E-state index contributed by atoms with van der Waals surface area (Å²) in [6.07, 6.45) is 3.27. The molecule has 106 valence electrons. The second-order valence-electron chi connectivity index (χ2n) is 6.02. The fraction of sp³-hybridized carbons (Fsp3) is 1.00. The van der Waals surface area contributed by atoms with E-state index in [1.54, 1.807) is 0 Å². The third-order valence-corrected chi connectivity index (χ3v) is 4.93. The van der Waals surface area contributed by atoms with Crippen LogP contribution in [0, 0.1) is 17.8 Å². The minimum Gasteiger partial charge on any atom is -0.316 e. The molecule has 0 radical (unpaired) electrons. The van der Waals surface area contributed by atoms with Crippen LogP contribution in [0.5, 0.6) is 0 Å². The normalized spacial score (nSPS) is 32.7. The van der Waals surface area contributed by atoms with Gasteiger partial charge in [-0.05, 0) is 51.0 Å². The van der Waals surface area contributed by atoms with Crippen molar-refractivity contribution < 1.29 is 13.2 Å². The van der Waals surface area contributed by atoms with Crippen LogP contribution in [-0.4, -0.2) is 19.3 Å². The Kier molecular flexibility index (Phi) is 4.57. The van der Waals surface area contributed by atoms with Crippen LogP contribution in [0.15, 0.2) is 0 Å². The van der Waals surface area contributed by atoms with Gasteiger partial charge in [0, 0.05) is 6.04 Å². The Balaban J connectivity index is 1.97. The third kappa shape index (κ3) is 3.19. The average Bonchev–Trinajstić information content (AvgIpc) is 2.83. The van der Waals surface area contributed by atoms with Crippen molar-refractivity contribution in [1.82, 2.24) is 5.32 Å². The van der Waals surface area contributed by atoms with Crippen LogP contribution < -0.4 is 5.32 Å². The van der Waals surface area contributed by atoms with E-state index in [2.05, 4.69) is 5.32 Å². The van der Waals surface area contributed by atoms with Crippen molar-refractivity contribution >= 4 is 0 Å². The van der Waals surface area contributed by atoms with Crippen LogP contribution in [0.25, 0.3) is 0 Å². The Bertz CT molecular complexity index is 258. The molecule has 4 heteroatoms. The second kappa shape index (κ2) is 5.81. The molecule has 0 saturated heterocycles. The molecular formula is C14H24F3N. The number of hydrogen-bond donors (Lipinski definition) is 1. The van der Waals surface area contributed by atoms with Gasteiger partial charge in [0.15, 0.2) is 0 Å². The lowest BCUT2D eigenvalue weighted by Crippen LogP contribution is -2.43. The van der Waals surface area contributed by atoms with Crippen molar-refractivity contribution in [3.8, 4) is 0 Å². The van der Waals surface area contributed by atoms with E-state index in [1.165, 1.54) is 25.7 Å². The zero-order valence-electron chi connectivity index (χ0n) is 11.1. The molecule has 1 N–H and O–H groups in total. The Morgan fingerprint density at radius 2 is 1.56 bits per heavy atom. The van der Waals surface area contributed by atoms with Gasteiger partial charge in [0.1, 0.15) is 0 Å². The summed E-state index contributed by atoms with van der Waals surface area (Å²) < 4.78 is 38.5. The first-order valence-corrected chi connectivity index (χ1v) is 7.26. The van der Waals surface area contributed by atoms with Crippen LogP contribution in [0.2, 0.25) is 0 Å². The van der Waals surface area contributed by atoms with Crippen molar-refractivity contribution in [1.29, 1.82) is 0 Å². The Morgan fingerprint density at radius 1 is 0.944 bits per heavy atom. The van der Waals surface area contributed by atoms with Gasteiger partial charge in [-0.1, -0.05) is 19.3 Å². The molecule has 2 rings (SSSR count). The Hall–Kier alpha value is -0.250. The van der Waals surface area contributed by atoms with Crippen molar-refractivity contribution in [3.05, 3.63) is 0 Å². The third-order valence-electron chi connectivity index (χ3n) is 4.93. The van der Waals surface area contributed by atoms with E-state index in [0.29, 0.717) is 24.8 Å². The first-order valence-electron chi connectivity index (χ1n) is 7.26. The molecule has 0 aromatic rings. The van der Waals surface area contributed by atoms with E-state index < -0.39 is 12.1 Å². The minimum atomic E-state index is -3.99. The van der Waals surface area contributed by atoms with E-state index in [0.717, 1.165) is 12.8 Å². The highest BCUT2D eigenvalue weighted by atomic mass is 19.4. The summed E-state index contributed by atoms with van der Waals surface area (Å²) in [5, 5.41) is 3.32. The molecule has 3 unspecified atom stereocenters. The van der Waals surface area contributed by atoms with Gasteiger partial charge in [-0.25, -0.2) is 0 Å². The topological polar surface area (TPSA) is 12.0 Å². The molecule has 2 fully saturated rings. The molecule has 3 atom stereocenters. The SMILES string of the molecule is CNC(C1CCCC1)C1CCCC(C(F)(F)F)C1. The van der Waals surface area contributed by atoms with Crippen LogP contribution >= 0.6 is 0 Å². The van der Waals surface area contributed by atoms with Gasteiger partial charge >= 0.3 is 6.18 Å². The van der Waals surface area contributed by atoms with Crippen molar-refractivity contribution in [2.75, 3.05) is 7.05 Å². The summed E-state index contributed by atoms with van der Waals surface area (Å²) in [6, 6.07) is 0.303. The fourth-order valence-corrected chi connectivity index (χ4v) is 4.02. The number of hydrogen-bond acceptors (Lipinski definition) is 1. The first-order chi connectivity index (χ1) is 8.52. The van der Waals surface area contributed by atoms with Gasteiger partial charge < -0.3 is 5.32 Å². The van der Waals surface area contributed by atoms with Crippen molar-refractivity contribution in [3.63, 3.8) is 0 Å². The van der Waals surface area contributed by atoms with Crippen molar-refractivity contribution in [2.24, 2.45) is 17.8 Å². The van der Waals surface area contributed by atoms with E-state index in [9.17, 15) is 13.2 Å². The van der Waals surface area contributed by atoms with Gasteiger partial charge in [-0.3, -0.25) is 0 Å². The van der Waals surface area contributed by atoms with Gasteiger partial charge in [0.05, 0.1) is 5.92 Å². The maximum atomic E-state index is 12.8. The summed E-state index contributed by atoms with van der Waals surface area (Å²) in [5.41, 5.74) is 0. The van der Waals surface area contributed by atoms with Crippen LogP contribution in [-0.2, 0) is 0 Å². The Labute approximate surface area is 108 Å². The molecule has 1 nitrogen and oxygen atoms in total. The zero-order chi connectivity index (χ0) is 13.2. The molecule has 0 amide bonds. The largest absolute Gasteiger partial charge is 0.391 e. The summed E-state index contributed by atoms with van der Waals surface area (Å²) in [6.45, 7) is 0. The van der Waals surface area contributed by atoms with Crippen LogP contribution in [0.4, 0.5) is 13.2 Å². The lowest BCUT2D eigenvalue weighted by atomic mass is 9.74. The molecule has 0 spiro atoms. The monoisotopic (exact) mass is 263 g/mol. The summed E-state index contributed by atoms with van der Waals surface area (Å²) >= 11 is 0. The van der Waals surface area contributed by atoms with Gasteiger partial charge in [0.25, 0.3) is 0 Å². The predicted octanol–water partition coefficient (Wildman–Crippen LogP) is 4.13. The summed E-state index contributed by atoms with van der Waals surface area (Å²) in [7, 11) is 1.92. The summed E-state index contributed by atoms with van der Waals surface area (Å²) in [5.74, 6) is -0.237. The quantitative estimate of drug-likeness (QED) is 0.807. The lowest BCUT2D eigenvalue weighted by Gasteiger charge is -2.38. The van der Waals surface area contributed by atoms with Crippen LogP contribution in [0.1, 0.15) is 51.4 Å². The molecule has 18 heavy (non-hydrogen) atoms. The van der Waals surface area contributed by atoms with Crippen LogP contribution in [0.3, 0.4) is 0 Å². The highest BCUT2D eigenvalue weighted by Gasteiger charge is 2.44. The molecule has 0 aromatic heterocycles. The van der Waals surface area contributed by atoms with E-state index in [1.807, 2.05) is 7.05 Å². The number of alkyl halides is 3. The zero-order valence-corrected chi connectivity index (χ0v) is 11.1. The maximum Gasteiger partial charge on any atom is 0.391 e. The van der Waals surface area contributed by atoms with E-state index >= 15 is 0 Å². The highest BCUT2D eigenvalue weighted by Crippen LogP contribution is 2.43. The second-order valence-corrected chi connectivity index (χ2v) is 6.02. The maximum absolute atomic E-state index is 12.8. The first kappa shape index (κ1) is 14.2. The average molecular weight is 263 g/mol. The van der Waals surface area contributed by atoms with Gasteiger partial charge in [-0.2, -0.15) is 13.2 Å². The number of nitrogens with one attached hydrogen (secondary N) is 1. The molecular weight excluding hydrogens is 239 g/mol. The molecule has 0 heterocycles. The summed E-state index contributed by atoms with van der Waals surface area (Å²) in [4.78, 5) is 0. The molecule has 0 aromatic carbocycles. The minimum absolute atomic E-state index is 0.221. The number of rotatable bonds is 3. The van der Waals surface area contributed by atoms with E-state index in [4.69, 9.17) is 0 Å². The standard InChI is InChI=1S/C14H24F3N/c1-18-13(10-5-2-3-6-10)11-7-4-8-12(9-11)14(15,16)17/h10-13,18H,2-9H2,1H3. The fourth-order valence-electron chi connectivity index (χ4n) is 4.02. The van der Waals surface area contributed by atoms with Crippen molar-refractivity contribution in [2.45, 2.75) is 63.6 Å². The molecule has 0 aliphatic heterocycles. The molecule has 2 saturated carbocycles. The Morgan fingerprint density at radius 3 is 2.11 bits per heavy atom. The highest BCUT2D eigenvalue weighted by molar-refractivity contribution is 4.89. The number of halogens is 3. The molecule has 2 aliphatic rings.